The van der Waals surface area contributed by atoms with Crippen LogP contribution in [-0.2, 0) is 122 Å². The lowest BCUT2D eigenvalue weighted by Gasteiger charge is -2.31. The van der Waals surface area contributed by atoms with Gasteiger partial charge in [-0.15, -0.1) is 0 Å². The molecule has 0 N–H and O–H groups in total. The highest BCUT2D eigenvalue weighted by Crippen LogP contribution is 2.35. The quantitative estimate of drug-likeness (QED) is 0.0512. The van der Waals surface area contributed by atoms with E-state index in [2.05, 4.69) is 104 Å². The van der Waals surface area contributed by atoms with E-state index in [1.54, 1.807) is 12.9 Å². The molecule has 0 aromatic rings. The molecule has 0 aromatic heterocycles. The summed E-state index contributed by atoms with van der Waals surface area (Å²) in [5, 5.41) is 0. The topological polar surface area (TPSA) is 357 Å². The second-order valence-corrected chi connectivity index (χ2v) is 66.4. The van der Waals surface area contributed by atoms with Crippen molar-refractivity contribution in [3.63, 3.8) is 0 Å². The van der Waals surface area contributed by atoms with Gasteiger partial charge in [0.25, 0.3) is 0 Å². The summed E-state index contributed by atoms with van der Waals surface area (Å²) in [6.07, 6.45) is 44.7. The number of sulfonamides is 4. The second-order valence-electron chi connectivity index (χ2n) is 51.1. The maximum absolute atomic E-state index is 12.0. The smallest absolute Gasteiger partial charge is 0.216 e. The van der Waals surface area contributed by atoms with Crippen LogP contribution in [0.2, 0.25) is 0 Å². The third kappa shape index (κ3) is 86.2. The maximum atomic E-state index is 12.0. The summed E-state index contributed by atoms with van der Waals surface area (Å²) in [6.45, 7) is 71.0. The second kappa shape index (κ2) is 69.7. The van der Waals surface area contributed by atoms with E-state index in [0.717, 1.165) is 102 Å². The van der Waals surface area contributed by atoms with Gasteiger partial charge in [0.15, 0.2) is 29.5 Å². The summed E-state index contributed by atoms with van der Waals surface area (Å²) in [5.41, 5.74) is -1.83. The maximum Gasteiger partial charge on any atom is 0.216 e. The zero-order valence-electron chi connectivity index (χ0n) is 99.2. The third-order valence-corrected chi connectivity index (χ3v) is 37.1. The number of likely N-dealkylation sites (N-methyl/N-ethyl adjacent to an activating group) is 1. The van der Waals surface area contributed by atoms with E-state index >= 15 is 0 Å². The summed E-state index contributed by atoms with van der Waals surface area (Å²) in [7, 11) is -19.2. The van der Waals surface area contributed by atoms with E-state index in [-0.39, 0.29) is 123 Å². The van der Waals surface area contributed by atoms with Crippen molar-refractivity contribution in [2.75, 3.05) is 209 Å². The van der Waals surface area contributed by atoms with Crippen molar-refractivity contribution >= 4 is 69.6 Å². The molecule has 4 saturated heterocycles. The molecule has 30 nitrogen and oxygen atoms in total. The van der Waals surface area contributed by atoms with E-state index in [1.165, 1.54) is 120 Å². The van der Waals surface area contributed by atoms with Crippen LogP contribution in [0.4, 0.5) is 0 Å². The largest absolute Gasteiger partial charge is 0.379 e. The Kier molecular flexibility index (Phi) is 67.9. The Morgan fingerprint density at radius 2 is 0.432 bits per heavy atom. The molecule has 148 heavy (non-hydrogen) atoms. The van der Waals surface area contributed by atoms with Crippen molar-refractivity contribution in [2.24, 2.45) is 35.5 Å². The number of ether oxygens (including phenoxy) is 11. The molecule has 0 atom stereocenters. The Hall–Kier alpha value is -1.77. The van der Waals surface area contributed by atoms with Crippen LogP contribution in [0.3, 0.4) is 0 Å². The number of rotatable bonds is 43. The average Bonchev–Trinajstić information content (AvgIpc) is 1.11. The summed E-state index contributed by atoms with van der Waals surface area (Å²) in [6, 6.07) is 0. The number of piperidine rings is 1. The lowest BCUT2D eigenvalue weighted by molar-refractivity contribution is 0.00534. The van der Waals surface area contributed by atoms with Gasteiger partial charge in [0.2, 0.25) is 40.1 Å². The highest BCUT2D eigenvalue weighted by Gasteiger charge is 2.33. The standard InChI is InChI=1S/C13H26O3S.C12H24O3S.C12H22O.C11H24N2O3S.C11H23NO3S.C11H22O3S.C11H20O.C10H21NO4S.C10H21NO3S.C10H18O/c1-13(2,3)16-9-11-17(14,15)10-8-12-6-4-5-7-12;1-12(2,3)15-8-10-16(13,14)9-7-11-5-4-6-11;1-12(2,3)13-10-6-9-11-7-4-5-8-11;1-11(2,3)16-9-10-17(14,15)13-7-5-12(4)6-8-13;1-11(2,3)15-9-10-16(13,14)12-7-5-4-6-8-12;1-11(2,3)14-7-9-15(12,13)8-6-10-4-5-10;1-11(2,3)12-9-5-8-10-6-4-7-10;1-10(2,3)15-8-9-16(12,13)11-4-6-14-7-5-11;1-10(2,3)14-8-9-15(12,13)11-6-4-5-7-11;1-10(2,3)11-8-4-5-9-6-7-9/h12H,4-11H2,1-3H3;11H,4-10H2,1-3H3;6,9,11H,4-5,7-8,10H2,1-3H3;5-10H2,1-4H3;4-10H2,1-3H3;10H,4-9H2,1-3H3;5,8,10H,4,6-7,9H2,1-3H3;4-9H2,1-3H3;4-9H2,1-3H3;4-5,9H,6-8H2,1-3H3/b;;9-6+;;;;8-5+;;;5-4+. The Morgan fingerprint density at radius 3 is 0.662 bits per heavy atom. The first kappa shape index (κ1) is 144. The number of morpholine rings is 1. The fourth-order valence-corrected chi connectivity index (χ4v) is 24.3. The minimum Gasteiger partial charge on any atom is -0.379 e. The molecule has 4 heterocycles. The third-order valence-electron chi connectivity index (χ3n) is 24.8. The van der Waals surface area contributed by atoms with Crippen molar-refractivity contribution in [1.82, 2.24) is 22.1 Å². The van der Waals surface area contributed by atoms with Crippen LogP contribution in [-0.4, -0.2) is 346 Å². The van der Waals surface area contributed by atoms with Gasteiger partial charge in [-0.1, -0.05) is 120 Å². The molecule has 10 fully saturated rings. The van der Waals surface area contributed by atoms with Crippen LogP contribution in [0.1, 0.15) is 375 Å². The molecule has 6 aliphatic carbocycles. The van der Waals surface area contributed by atoms with Crippen molar-refractivity contribution in [1.29, 1.82) is 0 Å². The fourth-order valence-electron chi connectivity index (χ4n) is 15.3. The first-order chi connectivity index (χ1) is 67.7. The molecule has 37 heteroatoms. The minimum absolute atomic E-state index is 0.0000158. The monoisotopic (exact) mass is 2250 g/mol. The predicted octanol–water partition coefficient (Wildman–Crippen LogP) is 20.4. The van der Waals surface area contributed by atoms with Gasteiger partial charge < -0.3 is 57.0 Å². The highest BCUT2D eigenvalue weighted by atomic mass is 32.2. The van der Waals surface area contributed by atoms with Crippen LogP contribution < -0.4 is 0 Å². The number of hydrogen-bond donors (Lipinski definition) is 0. The highest BCUT2D eigenvalue weighted by molar-refractivity contribution is 7.92. The first-order valence-electron chi connectivity index (χ1n) is 55.9. The van der Waals surface area contributed by atoms with Crippen molar-refractivity contribution in [2.45, 2.75) is 431 Å². The summed E-state index contributed by atoms with van der Waals surface area (Å²) in [5.74, 6) is 6.39. The SMILES string of the molecule is CC(C)(C)OC/C=C/C1CC1.CC(C)(C)OC/C=C/C1CCC1.CC(C)(C)OC/C=C/C1CCCC1.CC(C)(C)OCCS(=O)(=O)CCC1CC1.CC(C)(C)OCCS(=O)(=O)CCC1CCC1.CC(C)(C)OCCS(=O)(=O)CCC1CCCC1.CC(C)(C)OCCS(=O)(=O)N1CCCC1.CC(C)(C)OCCS(=O)(=O)N1CCCCC1.CC(C)(C)OCCS(=O)(=O)N1CCOCC1.CN1CCN(S(=O)(=O)CCOC(C)(C)C)CC1. The molecule has 0 radical (unpaired) electrons. The molecule has 10 rings (SSSR count). The molecule has 10 aliphatic rings. The van der Waals surface area contributed by atoms with Gasteiger partial charge in [-0.2, -0.15) is 8.61 Å². The molecule has 0 bridgehead atoms. The van der Waals surface area contributed by atoms with Gasteiger partial charge in [-0.05, 0) is 334 Å². The van der Waals surface area contributed by atoms with Crippen LogP contribution in [0.5, 0.6) is 0 Å². The van der Waals surface area contributed by atoms with E-state index in [4.69, 9.17) is 52.1 Å². The minimum atomic E-state index is -3.18. The Labute approximate surface area is 908 Å². The van der Waals surface area contributed by atoms with Crippen molar-refractivity contribution < 1.29 is 111 Å². The van der Waals surface area contributed by atoms with Crippen LogP contribution in [0.15, 0.2) is 36.5 Å². The van der Waals surface area contributed by atoms with E-state index in [9.17, 15) is 58.9 Å². The Balaban J connectivity index is 0.000000824. The summed E-state index contributed by atoms with van der Waals surface area (Å²) in [4.78, 5) is 2.14. The van der Waals surface area contributed by atoms with Crippen LogP contribution in [0, 0.1) is 35.5 Å². The fraction of sp³-hybridized carbons (Fsp3) is 0.946. The predicted molar refractivity (Wildman–Crippen MR) is 611 cm³/mol. The molecule has 0 spiro atoms. The van der Waals surface area contributed by atoms with Crippen molar-refractivity contribution in [3.8, 4) is 0 Å². The molecule has 0 amide bonds. The molecule has 0 unspecified atom stereocenters. The Bertz CT molecular complexity index is 4350. The normalized spacial score (nSPS) is 19.5. The molecular weight excluding hydrogens is 2030 g/mol. The van der Waals surface area contributed by atoms with Gasteiger partial charge in [0.1, 0.15) is 0 Å². The first-order valence-corrected chi connectivity index (χ1v) is 67.8. The summed E-state index contributed by atoms with van der Waals surface area (Å²) < 4.78 is 231. The molecule has 4 aliphatic heterocycles. The number of sulfone groups is 3. The lowest BCUT2D eigenvalue weighted by Crippen LogP contribution is -2.48. The summed E-state index contributed by atoms with van der Waals surface area (Å²) >= 11 is 0. The van der Waals surface area contributed by atoms with Gasteiger partial charge in [0.05, 0.1) is 193 Å². The number of hydrogen-bond acceptors (Lipinski definition) is 26. The van der Waals surface area contributed by atoms with E-state index in [1.807, 2.05) is 152 Å². The molecule has 0 aromatic carbocycles. The zero-order valence-corrected chi connectivity index (χ0v) is 105. The van der Waals surface area contributed by atoms with Gasteiger partial charge >= 0.3 is 0 Å². The lowest BCUT2D eigenvalue weighted by atomic mass is 9.84. The molecule has 6 saturated carbocycles. The molecule has 882 valence electrons. The number of nitrogens with zero attached hydrogens (tertiary/aromatic N) is 5. The molecular formula is C111H221N5O25S7. The van der Waals surface area contributed by atoms with E-state index in [0.29, 0.717) is 120 Å². The number of piperazine rings is 1. The average molecular weight is 2250 g/mol. The van der Waals surface area contributed by atoms with Gasteiger partial charge in [-0.3, -0.25) is 0 Å². The van der Waals surface area contributed by atoms with Crippen LogP contribution >= 0.6 is 0 Å². The van der Waals surface area contributed by atoms with Crippen molar-refractivity contribution in [3.05, 3.63) is 36.5 Å². The van der Waals surface area contributed by atoms with E-state index < -0.39 is 69.6 Å². The van der Waals surface area contributed by atoms with Gasteiger partial charge in [0, 0.05) is 65.4 Å². The zero-order chi connectivity index (χ0) is 113. The Morgan fingerprint density at radius 1 is 0.223 bits per heavy atom. The number of allylic oxidation sites excluding steroid dienone is 3. The van der Waals surface area contributed by atoms with Gasteiger partial charge in [-0.25, -0.2) is 67.5 Å². The van der Waals surface area contributed by atoms with Crippen LogP contribution in [0.25, 0.3) is 0 Å².